The van der Waals surface area contributed by atoms with Gasteiger partial charge in [0.1, 0.15) is 15.5 Å². The molecule has 0 bridgehead atoms. The zero-order chi connectivity index (χ0) is 20.8. The van der Waals surface area contributed by atoms with Gasteiger partial charge in [0.05, 0.1) is 12.1 Å². The second-order valence-corrected chi connectivity index (χ2v) is 9.62. The maximum atomic E-state index is 5.80. The molecule has 4 N–H and O–H groups in total. The summed E-state index contributed by atoms with van der Waals surface area (Å²) >= 11 is 20.6. The van der Waals surface area contributed by atoms with Crippen molar-refractivity contribution in [1.82, 2.24) is 9.97 Å². The molecule has 2 atom stereocenters. The highest BCUT2D eigenvalue weighted by molar-refractivity contribution is 8.14. The summed E-state index contributed by atoms with van der Waals surface area (Å²) in [7, 11) is 0. The Morgan fingerprint density at radius 1 is 0.828 bits per heavy atom. The minimum Gasteiger partial charge on any atom is -0.379 e. The molecule has 4 rings (SSSR count). The van der Waals surface area contributed by atoms with E-state index in [1.807, 2.05) is 24.3 Å². The summed E-state index contributed by atoms with van der Waals surface area (Å²) in [6.07, 6.45) is 3.40. The van der Waals surface area contributed by atoms with Crippen LogP contribution in [-0.4, -0.2) is 43.9 Å². The number of rotatable bonds is 4. The quantitative estimate of drug-likeness (QED) is 0.628. The first-order valence-electron chi connectivity index (χ1n) is 8.72. The van der Waals surface area contributed by atoms with Crippen molar-refractivity contribution in [2.75, 3.05) is 11.5 Å². The van der Waals surface area contributed by atoms with Crippen LogP contribution in [0.3, 0.4) is 0 Å². The first kappa shape index (κ1) is 22.5. The smallest absolute Gasteiger partial charge is 0.154 e. The Morgan fingerprint density at radius 2 is 1.34 bits per heavy atom. The molecule has 2 aliphatic rings. The molecule has 0 aromatic carbocycles. The van der Waals surface area contributed by atoms with Crippen LogP contribution in [0.25, 0.3) is 0 Å². The predicted octanol–water partition coefficient (Wildman–Crippen LogP) is 4.07. The van der Waals surface area contributed by atoms with Crippen LogP contribution in [0, 0.1) is 0 Å². The lowest BCUT2D eigenvalue weighted by atomic mass is 10.1. The van der Waals surface area contributed by atoms with Gasteiger partial charge in [-0.25, -0.2) is 9.97 Å². The van der Waals surface area contributed by atoms with E-state index < -0.39 is 0 Å². The number of nitrogens with zero attached hydrogens (tertiary/aromatic N) is 4. The molecule has 2 aromatic rings. The Hall–Kier alpha value is -1.19. The van der Waals surface area contributed by atoms with E-state index in [-0.39, 0.29) is 6.04 Å². The fourth-order valence-electron chi connectivity index (χ4n) is 2.83. The van der Waals surface area contributed by atoms with Crippen LogP contribution in [0.5, 0.6) is 0 Å². The zero-order valence-corrected chi connectivity index (χ0v) is 19.2. The average Bonchev–Trinajstić information content (AvgIpc) is 3.22. The van der Waals surface area contributed by atoms with Gasteiger partial charge >= 0.3 is 0 Å². The molecule has 0 saturated carbocycles. The summed E-state index contributed by atoms with van der Waals surface area (Å²) in [6, 6.07) is 7.96. The number of nitrogens with two attached hydrogens (primary N) is 2. The number of halogens is 3. The number of pyridine rings is 2. The number of hydrogen-bond donors (Lipinski definition) is 2. The molecule has 4 heterocycles. The van der Waals surface area contributed by atoms with Gasteiger partial charge in [-0.3, -0.25) is 9.98 Å². The second-order valence-electron chi connectivity index (χ2n) is 6.38. The Labute approximate surface area is 192 Å². The molecular formula is C18H19Cl3N6S2. The van der Waals surface area contributed by atoms with Gasteiger partial charge in [-0.15, -0.1) is 0 Å². The molecule has 0 spiro atoms. The standard InChI is InChI=1S/C9H9Cl2N3S.C9H10ClN3S/c10-7-2-5(3-8(11)14-7)1-6-4-15-9(12)13-6;10-8-4-6(1-2-12-8)3-7-5-14-9(11)13-7/h2-3,6H,1,4H2,(H2,12,13);1-2,4,7H,3,5H2,(H2,11,13). The van der Waals surface area contributed by atoms with Gasteiger partial charge in [0, 0.05) is 17.7 Å². The largest absolute Gasteiger partial charge is 0.379 e. The van der Waals surface area contributed by atoms with Crippen molar-refractivity contribution >= 4 is 68.7 Å². The molecule has 11 heteroatoms. The summed E-state index contributed by atoms with van der Waals surface area (Å²) < 4.78 is 0. The van der Waals surface area contributed by atoms with E-state index in [0.717, 1.165) is 35.5 Å². The van der Waals surface area contributed by atoms with Gasteiger partial charge in [0.15, 0.2) is 10.3 Å². The lowest BCUT2D eigenvalue weighted by Crippen LogP contribution is -2.08. The van der Waals surface area contributed by atoms with Crippen molar-refractivity contribution in [3.63, 3.8) is 0 Å². The lowest BCUT2D eigenvalue weighted by Gasteiger charge is -2.06. The molecule has 6 nitrogen and oxygen atoms in total. The summed E-state index contributed by atoms with van der Waals surface area (Å²) in [5.74, 6) is 1.88. The lowest BCUT2D eigenvalue weighted by molar-refractivity contribution is 0.761. The maximum absolute atomic E-state index is 5.80. The molecule has 154 valence electrons. The third-order valence-corrected chi connectivity index (χ3v) is 6.52. The first-order chi connectivity index (χ1) is 13.9. The van der Waals surface area contributed by atoms with Crippen molar-refractivity contribution in [2.24, 2.45) is 21.5 Å². The van der Waals surface area contributed by atoms with E-state index in [1.165, 1.54) is 0 Å². The minimum atomic E-state index is 0.226. The molecule has 0 aliphatic carbocycles. The second kappa shape index (κ2) is 10.7. The molecule has 2 aliphatic heterocycles. The van der Waals surface area contributed by atoms with E-state index >= 15 is 0 Å². The molecule has 0 radical (unpaired) electrons. The van der Waals surface area contributed by atoms with Gasteiger partial charge < -0.3 is 11.5 Å². The topological polar surface area (TPSA) is 103 Å². The van der Waals surface area contributed by atoms with Crippen LogP contribution in [0.4, 0.5) is 0 Å². The highest BCUT2D eigenvalue weighted by Crippen LogP contribution is 2.22. The van der Waals surface area contributed by atoms with Crippen LogP contribution in [0.2, 0.25) is 15.5 Å². The van der Waals surface area contributed by atoms with E-state index in [1.54, 1.807) is 29.7 Å². The van der Waals surface area contributed by atoms with Crippen LogP contribution >= 0.6 is 58.3 Å². The molecular weight excluding hydrogens is 471 g/mol. The highest BCUT2D eigenvalue weighted by Gasteiger charge is 2.17. The maximum Gasteiger partial charge on any atom is 0.154 e. The third kappa shape index (κ3) is 7.53. The van der Waals surface area contributed by atoms with Gasteiger partial charge in [-0.05, 0) is 48.2 Å². The van der Waals surface area contributed by atoms with Gasteiger partial charge in [-0.2, -0.15) is 0 Å². The van der Waals surface area contributed by atoms with Crippen molar-refractivity contribution in [1.29, 1.82) is 0 Å². The van der Waals surface area contributed by atoms with Crippen LogP contribution < -0.4 is 11.5 Å². The number of thioether (sulfide) groups is 2. The van der Waals surface area contributed by atoms with E-state index in [2.05, 4.69) is 20.0 Å². The van der Waals surface area contributed by atoms with E-state index in [0.29, 0.717) is 31.8 Å². The van der Waals surface area contributed by atoms with Crippen molar-refractivity contribution in [3.05, 3.63) is 57.0 Å². The third-order valence-electron chi connectivity index (χ3n) is 4.02. The molecule has 2 aromatic heterocycles. The Bertz CT molecular complexity index is 904. The van der Waals surface area contributed by atoms with Gasteiger partial charge in [0.2, 0.25) is 0 Å². The fraction of sp³-hybridized carbons (Fsp3) is 0.333. The summed E-state index contributed by atoms with van der Waals surface area (Å²) in [4.78, 5) is 16.4. The number of hydrogen-bond acceptors (Lipinski definition) is 8. The average molecular weight is 490 g/mol. The first-order valence-corrected chi connectivity index (χ1v) is 11.8. The van der Waals surface area contributed by atoms with Gasteiger partial charge in [0.25, 0.3) is 0 Å². The van der Waals surface area contributed by atoms with Gasteiger partial charge in [-0.1, -0.05) is 58.3 Å². The normalized spacial score (nSPS) is 20.7. The summed E-state index contributed by atoms with van der Waals surface area (Å²) in [5.41, 5.74) is 13.4. The molecule has 0 saturated heterocycles. The highest BCUT2D eigenvalue weighted by atomic mass is 35.5. The van der Waals surface area contributed by atoms with E-state index in [9.17, 15) is 0 Å². The fourth-order valence-corrected chi connectivity index (χ4v) is 5.09. The van der Waals surface area contributed by atoms with Crippen LogP contribution in [0.15, 0.2) is 40.4 Å². The zero-order valence-electron chi connectivity index (χ0n) is 15.3. The van der Waals surface area contributed by atoms with Crippen LogP contribution in [-0.2, 0) is 12.8 Å². The van der Waals surface area contributed by atoms with E-state index in [4.69, 9.17) is 46.3 Å². The van der Waals surface area contributed by atoms with Crippen LogP contribution in [0.1, 0.15) is 11.1 Å². The number of amidine groups is 2. The SMILES string of the molecule is NC1=NC(Cc2cc(Cl)nc(Cl)c2)CS1.NC1=NC(Cc2ccnc(Cl)c2)CS1. The summed E-state index contributed by atoms with van der Waals surface area (Å²) in [5, 5.41) is 2.71. The van der Waals surface area contributed by atoms with Crippen molar-refractivity contribution in [2.45, 2.75) is 24.9 Å². The number of aliphatic imine (C=N–C) groups is 2. The molecule has 0 fully saturated rings. The molecule has 0 amide bonds. The Kier molecular flexibility index (Phi) is 8.32. The molecule has 2 unspecified atom stereocenters. The minimum absolute atomic E-state index is 0.226. The monoisotopic (exact) mass is 488 g/mol. The van der Waals surface area contributed by atoms with Crippen molar-refractivity contribution in [3.8, 4) is 0 Å². The number of aromatic nitrogens is 2. The predicted molar refractivity (Wildman–Crippen MR) is 127 cm³/mol. The Morgan fingerprint density at radius 3 is 1.83 bits per heavy atom. The summed E-state index contributed by atoms with van der Waals surface area (Å²) in [6.45, 7) is 0. The Balaban J connectivity index is 0.000000166. The molecule has 29 heavy (non-hydrogen) atoms. The van der Waals surface area contributed by atoms with Crippen molar-refractivity contribution < 1.29 is 0 Å².